The molecule has 3 N–H and O–H groups in total. The predicted molar refractivity (Wildman–Crippen MR) is 118 cm³/mol. The van der Waals surface area contributed by atoms with Crippen LogP contribution in [-0.4, -0.2) is 18.4 Å². The number of carbonyl (C=O) groups excluding carboxylic acids is 2. The first kappa shape index (κ1) is 20.7. The first-order chi connectivity index (χ1) is 14.0. The Labute approximate surface area is 179 Å². The van der Waals surface area contributed by atoms with Gasteiger partial charge in [0.05, 0.1) is 17.3 Å². The summed E-state index contributed by atoms with van der Waals surface area (Å²) < 4.78 is 0. The molecule has 3 aromatic rings. The second-order valence-electron chi connectivity index (χ2n) is 6.27. The minimum Gasteiger partial charge on any atom is -0.375 e. The average molecular weight is 428 g/mol. The Morgan fingerprint density at radius 3 is 2.28 bits per heavy atom. The molecular formula is C22H19Cl2N3O2. The van der Waals surface area contributed by atoms with Gasteiger partial charge in [-0.25, -0.2) is 0 Å². The standard InChI is InChI=1S/C22H19Cl2N3O2/c23-17-8-11-20(19(24)12-17)25-14-21(28)27-18-9-6-16(7-10-18)22(29)26-13-15-4-2-1-3-5-15/h1-12,25H,13-14H2,(H,26,29)(H,27,28). The molecule has 0 aromatic heterocycles. The van der Waals surface area contributed by atoms with Crippen LogP contribution in [0.4, 0.5) is 11.4 Å². The van der Waals surface area contributed by atoms with Crippen molar-refractivity contribution >= 4 is 46.4 Å². The monoisotopic (exact) mass is 427 g/mol. The zero-order valence-electron chi connectivity index (χ0n) is 15.4. The van der Waals surface area contributed by atoms with Crippen molar-refractivity contribution < 1.29 is 9.59 Å². The highest BCUT2D eigenvalue weighted by molar-refractivity contribution is 6.36. The SMILES string of the molecule is O=C(CNc1ccc(Cl)cc1Cl)Nc1ccc(C(=O)NCc2ccccc2)cc1. The first-order valence-corrected chi connectivity index (χ1v) is 9.68. The molecular weight excluding hydrogens is 409 g/mol. The van der Waals surface area contributed by atoms with Crippen LogP contribution in [0.3, 0.4) is 0 Å². The van der Waals surface area contributed by atoms with Crippen LogP contribution in [0, 0.1) is 0 Å². The molecule has 0 heterocycles. The fourth-order valence-corrected chi connectivity index (χ4v) is 3.07. The summed E-state index contributed by atoms with van der Waals surface area (Å²) in [6.45, 7) is 0.498. The molecule has 0 spiro atoms. The lowest BCUT2D eigenvalue weighted by molar-refractivity contribution is -0.114. The van der Waals surface area contributed by atoms with Gasteiger partial charge in [-0.05, 0) is 48.0 Å². The Balaban J connectivity index is 1.49. The molecule has 0 aliphatic heterocycles. The molecule has 148 valence electrons. The van der Waals surface area contributed by atoms with Crippen LogP contribution in [0.2, 0.25) is 10.0 Å². The maximum atomic E-state index is 12.2. The summed E-state index contributed by atoms with van der Waals surface area (Å²) in [5.74, 6) is -0.414. The van der Waals surface area contributed by atoms with Gasteiger partial charge in [0.25, 0.3) is 5.91 Å². The number of anilines is 2. The van der Waals surface area contributed by atoms with Crippen LogP contribution in [0.15, 0.2) is 72.8 Å². The van der Waals surface area contributed by atoms with Crippen molar-refractivity contribution in [3.8, 4) is 0 Å². The quantitative estimate of drug-likeness (QED) is 0.498. The van der Waals surface area contributed by atoms with E-state index in [1.807, 2.05) is 30.3 Å². The fourth-order valence-electron chi connectivity index (χ4n) is 2.60. The van der Waals surface area contributed by atoms with E-state index in [1.54, 1.807) is 42.5 Å². The molecule has 0 bridgehead atoms. The van der Waals surface area contributed by atoms with Gasteiger partial charge in [0.15, 0.2) is 0 Å². The van der Waals surface area contributed by atoms with E-state index in [-0.39, 0.29) is 18.4 Å². The zero-order chi connectivity index (χ0) is 20.6. The van der Waals surface area contributed by atoms with Crippen molar-refractivity contribution in [1.29, 1.82) is 0 Å². The Morgan fingerprint density at radius 2 is 1.59 bits per heavy atom. The highest BCUT2D eigenvalue weighted by Crippen LogP contribution is 2.25. The number of rotatable bonds is 7. The number of amides is 2. The Bertz CT molecular complexity index is 993. The molecule has 0 radical (unpaired) electrons. The average Bonchev–Trinajstić information content (AvgIpc) is 2.72. The van der Waals surface area contributed by atoms with Crippen molar-refractivity contribution in [2.24, 2.45) is 0 Å². The van der Waals surface area contributed by atoms with E-state index in [0.717, 1.165) is 5.56 Å². The second-order valence-corrected chi connectivity index (χ2v) is 7.12. The van der Waals surface area contributed by atoms with Gasteiger partial charge in [0, 0.05) is 22.8 Å². The molecule has 5 nitrogen and oxygen atoms in total. The summed E-state index contributed by atoms with van der Waals surface area (Å²) in [5.41, 5.74) is 2.76. The molecule has 7 heteroatoms. The number of nitrogens with one attached hydrogen (secondary N) is 3. The predicted octanol–water partition coefficient (Wildman–Crippen LogP) is 4.97. The van der Waals surface area contributed by atoms with Gasteiger partial charge in [0.1, 0.15) is 0 Å². The topological polar surface area (TPSA) is 70.2 Å². The van der Waals surface area contributed by atoms with E-state index < -0.39 is 0 Å². The van der Waals surface area contributed by atoms with Crippen LogP contribution < -0.4 is 16.0 Å². The van der Waals surface area contributed by atoms with Gasteiger partial charge in [0.2, 0.25) is 5.91 Å². The third-order valence-corrected chi connectivity index (χ3v) is 4.65. The van der Waals surface area contributed by atoms with E-state index in [4.69, 9.17) is 23.2 Å². The highest BCUT2D eigenvalue weighted by atomic mass is 35.5. The maximum absolute atomic E-state index is 12.2. The van der Waals surface area contributed by atoms with Gasteiger partial charge in [-0.15, -0.1) is 0 Å². The number of benzene rings is 3. The molecule has 0 aliphatic carbocycles. The minimum absolute atomic E-state index is 0.0423. The van der Waals surface area contributed by atoms with Gasteiger partial charge in [-0.1, -0.05) is 53.5 Å². The molecule has 3 aromatic carbocycles. The summed E-state index contributed by atoms with van der Waals surface area (Å²) in [7, 11) is 0. The largest absolute Gasteiger partial charge is 0.375 e. The lowest BCUT2D eigenvalue weighted by Gasteiger charge is -2.10. The van der Waals surface area contributed by atoms with Gasteiger partial charge >= 0.3 is 0 Å². The molecule has 0 atom stereocenters. The Morgan fingerprint density at radius 1 is 0.862 bits per heavy atom. The van der Waals surface area contributed by atoms with Crippen LogP contribution in [0.5, 0.6) is 0 Å². The third kappa shape index (κ3) is 6.24. The lowest BCUT2D eigenvalue weighted by atomic mass is 10.1. The second kappa shape index (κ2) is 9.96. The van der Waals surface area contributed by atoms with Crippen LogP contribution >= 0.6 is 23.2 Å². The molecule has 0 fully saturated rings. The van der Waals surface area contributed by atoms with Crippen molar-refractivity contribution in [3.05, 3.63) is 94.0 Å². The minimum atomic E-state index is -0.239. The summed E-state index contributed by atoms with van der Waals surface area (Å²) >= 11 is 11.9. The number of hydrogen-bond acceptors (Lipinski definition) is 3. The van der Waals surface area contributed by atoms with E-state index in [9.17, 15) is 9.59 Å². The van der Waals surface area contributed by atoms with Crippen molar-refractivity contribution in [1.82, 2.24) is 5.32 Å². The van der Waals surface area contributed by atoms with Gasteiger partial charge < -0.3 is 16.0 Å². The molecule has 0 aliphatic rings. The third-order valence-electron chi connectivity index (χ3n) is 4.10. The summed E-state index contributed by atoms with van der Waals surface area (Å²) in [6, 6.07) is 21.4. The molecule has 0 unspecified atom stereocenters. The fraction of sp³-hybridized carbons (Fsp3) is 0.0909. The number of halogens is 2. The summed E-state index contributed by atoms with van der Waals surface area (Å²) in [6.07, 6.45) is 0. The van der Waals surface area contributed by atoms with E-state index >= 15 is 0 Å². The Kier molecular flexibility index (Phi) is 7.11. The zero-order valence-corrected chi connectivity index (χ0v) is 16.9. The van der Waals surface area contributed by atoms with Crippen molar-refractivity contribution in [2.45, 2.75) is 6.54 Å². The molecule has 3 rings (SSSR count). The Hall–Kier alpha value is -3.02. The lowest BCUT2D eigenvalue weighted by Crippen LogP contribution is -2.23. The normalized spacial score (nSPS) is 10.3. The molecule has 29 heavy (non-hydrogen) atoms. The van der Waals surface area contributed by atoms with Gasteiger partial charge in [-0.2, -0.15) is 0 Å². The van der Waals surface area contributed by atoms with Crippen molar-refractivity contribution in [2.75, 3.05) is 17.2 Å². The summed E-state index contributed by atoms with van der Waals surface area (Å²) in [4.78, 5) is 24.4. The van der Waals surface area contributed by atoms with Crippen molar-refractivity contribution in [3.63, 3.8) is 0 Å². The summed E-state index contributed by atoms with van der Waals surface area (Å²) in [5, 5.41) is 9.55. The van der Waals surface area contributed by atoms with Crippen LogP contribution in [0.1, 0.15) is 15.9 Å². The number of hydrogen-bond donors (Lipinski definition) is 3. The van der Waals surface area contributed by atoms with E-state index in [1.165, 1.54) is 0 Å². The van der Waals surface area contributed by atoms with E-state index in [2.05, 4.69) is 16.0 Å². The molecule has 2 amide bonds. The molecule has 0 saturated carbocycles. The maximum Gasteiger partial charge on any atom is 0.251 e. The first-order valence-electron chi connectivity index (χ1n) is 8.92. The van der Waals surface area contributed by atoms with Crippen LogP contribution in [-0.2, 0) is 11.3 Å². The smallest absolute Gasteiger partial charge is 0.251 e. The highest BCUT2D eigenvalue weighted by Gasteiger charge is 2.08. The molecule has 0 saturated heterocycles. The van der Waals surface area contributed by atoms with Gasteiger partial charge in [-0.3, -0.25) is 9.59 Å². The number of carbonyl (C=O) groups is 2. The van der Waals surface area contributed by atoms with E-state index in [0.29, 0.717) is 33.5 Å². The van der Waals surface area contributed by atoms with Crippen LogP contribution in [0.25, 0.3) is 0 Å².